The molecule has 120 valence electrons. The molecule has 3 amide bonds. The molecule has 7 nitrogen and oxygen atoms in total. The highest BCUT2D eigenvalue weighted by atomic mass is 16.4. The van der Waals surface area contributed by atoms with Gasteiger partial charge < -0.3 is 21.5 Å². The van der Waals surface area contributed by atoms with Crippen LogP contribution in [0, 0.1) is 11.8 Å². The molecule has 1 saturated carbocycles. The van der Waals surface area contributed by atoms with Crippen molar-refractivity contribution in [2.24, 2.45) is 17.6 Å². The quantitative estimate of drug-likeness (QED) is 0.556. The monoisotopic (exact) mass is 299 g/mol. The minimum Gasteiger partial charge on any atom is -0.480 e. The second-order valence-electron chi connectivity index (χ2n) is 5.72. The summed E-state index contributed by atoms with van der Waals surface area (Å²) < 4.78 is 0. The summed E-state index contributed by atoms with van der Waals surface area (Å²) in [6, 6.07) is -1.53. The van der Waals surface area contributed by atoms with Crippen LogP contribution in [0.25, 0.3) is 0 Å². The lowest BCUT2D eigenvalue weighted by atomic mass is 9.93. The molecule has 1 fully saturated rings. The Morgan fingerprint density at radius 1 is 1.33 bits per heavy atom. The second kappa shape index (κ2) is 7.85. The van der Waals surface area contributed by atoms with Crippen molar-refractivity contribution < 1.29 is 19.5 Å². The molecule has 0 saturated heterocycles. The molecule has 4 atom stereocenters. The number of rotatable bonds is 7. The van der Waals surface area contributed by atoms with Crippen LogP contribution >= 0.6 is 0 Å². The van der Waals surface area contributed by atoms with Gasteiger partial charge in [0.05, 0.1) is 0 Å². The van der Waals surface area contributed by atoms with Gasteiger partial charge in [0.25, 0.3) is 0 Å². The van der Waals surface area contributed by atoms with E-state index in [1.807, 2.05) is 0 Å². The molecule has 0 heterocycles. The highest BCUT2D eigenvalue weighted by molar-refractivity contribution is 5.83. The maximum atomic E-state index is 11.9. The number of urea groups is 1. The molecular weight excluding hydrogens is 274 g/mol. The van der Waals surface area contributed by atoms with Gasteiger partial charge in [-0.2, -0.15) is 0 Å². The maximum absolute atomic E-state index is 11.9. The Kier molecular flexibility index (Phi) is 6.45. The summed E-state index contributed by atoms with van der Waals surface area (Å²) in [5.74, 6) is -0.772. The predicted octanol–water partition coefficient (Wildman–Crippen LogP) is 0.829. The number of amides is 3. The number of hydrogen-bond acceptors (Lipinski definition) is 3. The molecule has 1 aliphatic rings. The molecule has 0 aromatic rings. The Bertz CT molecular complexity index is 400. The van der Waals surface area contributed by atoms with Crippen LogP contribution < -0.4 is 16.4 Å². The zero-order chi connectivity index (χ0) is 16.0. The summed E-state index contributed by atoms with van der Waals surface area (Å²) in [5, 5.41) is 14.3. The maximum Gasteiger partial charge on any atom is 0.326 e. The van der Waals surface area contributed by atoms with E-state index < -0.39 is 23.9 Å². The lowest BCUT2D eigenvalue weighted by Gasteiger charge is -2.22. The Balaban J connectivity index is 2.47. The van der Waals surface area contributed by atoms with Crippen molar-refractivity contribution in [1.29, 1.82) is 0 Å². The molecule has 0 spiro atoms. The lowest BCUT2D eigenvalue weighted by Crippen LogP contribution is -2.50. The summed E-state index contributed by atoms with van der Waals surface area (Å²) >= 11 is 0. The topological polar surface area (TPSA) is 122 Å². The van der Waals surface area contributed by atoms with Gasteiger partial charge >= 0.3 is 12.0 Å². The molecule has 7 heteroatoms. The normalized spacial score (nSPS) is 26.1. The van der Waals surface area contributed by atoms with Crippen molar-refractivity contribution in [2.45, 2.75) is 58.0 Å². The minimum atomic E-state index is -1.17. The van der Waals surface area contributed by atoms with Gasteiger partial charge in [0, 0.05) is 12.5 Å². The molecule has 0 aromatic carbocycles. The molecular formula is C14H25N3O4. The number of carboxylic acid groups (broad SMARTS) is 1. The predicted molar refractivity (Wildman–Crippen MR) is 77.5 cm³/mol. The summed E-state index contributed by atoms with van der Waals surface area (Å²) in [5.41, 5.74) is 4.99. The fourth-order valence-electron chi connectivity index (χ4n) is 2.94. The molecule has 1 rings (SSSR count). The van der Waals surface area contributed by atoms with Crippen molar-refractivity contribution >= 4 is 17.9 Å². The highest BCUT2D eigenvalue weighted by Crippen LogP contribution is 2.33. The Labute approximate surface area is 124 Å². The average Bonchev–Trinajstić information content (AvgIpc) is 2.75. The standard InChI is InChI=1S/C14H25N3O4/c1-3-9-4-5-10(8(9)2)16-14(21)17-11(13(19)20)6-7-12(15)18/h8-11H,3-7H2,1-2H3,(H2,15,18)(H,19,20)(H2,16,17,21)/t8?,9?,10?,11-/m0/s1. The van der Waals surface area contributed by atoms with E-state index in [-0.39, 0.29) is 18.9 Å². The molecule has 0 radical (unpaired) electrons. The third-order valence-electron chi connectivity index (χ3n) is 4.35. The molecule has 5 N–H and O–H groups in total. The van der Waals surface area contributed by atoms with Crippen LogP contribution in [-0.2, 0) is 9.59 Å². The van der Waals surface area contributed by atoms with Crippen molar-refractivity contribution in [3.8, 4) is 0 Å². The summed E-state index contributed by atoms with van der Waals surface area (Å²) in [7, 11) is 0. The first kappa shape index (κ1) is 17.3. The number of carbonyl (C=O) groups is 3. The number of nitrogens with two attached hydrogens (primary N) is 1. The first-order chi connectivity index (χ1) is 9.85. The second-order valence-corrected chi connectivity index (χ2v) is 5.72. The number of hydrogen-bond donors (Lipinski definition) is 4. The van der Waals surface area contributed by atoms with Gasteiger partial charge in [0.15, 0.2) is 0 Å². The van der Waals surface area contributed by atoms with Crippen LogP contribution in [0.5, 0.6) is 0 Å². The fourth-order valence-corrected chi connectivity index (χ4v) is 2.94. The van der Waals surface area contributed by atoms with Crippen molar-refractivity contribution in [1.82, 2.24) is 10.6 Å². The van der Waals surface area contributed by atoms with Crippen LogP contribution in [0.4, 0.5) is 4.79 Å². The van der Waals surface area contributed by atoms with Gasteiger partial charge in [-0.25, -0.2) is 9.59 Å². The van der Waals surface area contributed by atoms with E-state index in [0.717, 1.165) is 19.3 Å². The largest absolute Gasteiger partial charge is 0.480 e. The van der Waals surface area contributed by atoms with E-state index >= 15 is 0 Å². The van der Waals surface area contributed by atoms with Crippen molar-refractivity contribution in [3.63, 3.8) is 0 Å². The van der Waals surface area contributed by atoms with E-state index in [4.69, 9.17) is 10.8 Å². The average molecular weight is 299 g/mol. The van der Waals surface area contributed by atoms with Gasteiger partial charge in [-0.3, -0.25) is 4.79 Å². The van der Waals surface area contributed by atoms with Gasteiger partial charge in [-0.1, -0.05) is 20.3 Å². The van der Waals surface area contributed by atoms with Crippen LogP contribution in [0.3, 0.4) is 0 Å². The molecule has 0 aromatic heterocycles. The number of carbonyl (C=O) groups excluding carboxylic acids is 2. The molecule has 0 bridgehead atoms. The number of aliphatic carboxylic acids is 1. The van der Waals surface area contributed by atoms with Crippen LogP contribution in [0.15, 0.2) is 0 Å². The minimum absolute atomic E-state index is 0.00408. The van der Waals surface area contributed by atoms with Gasteiger partial charge in [-0.05, 0) is 31.1 Å². The Hall–Kier alpha value is -1.79. The smallest absolute Gasteiger partial charge is 0.326 e. The Morgan fingerprint density at radius 2 is 2.00 bits per heavy atom. The summed E-state index contributed by atoms with van der Waals surface area (Å²) in [6.45, 7) is 4.24. The van der Waals surface area contributed by atoms with E-state index in [1.165, 1.54) is 0 Å². The van der Waals surface area contributed by atoms with Gasteiger partial charge in [0.1, 0.15) is 6.04 Å². The molecule has 3 unspecified atom stereocenters. The fraction of sp³-hybridized carbons (Fsp3) is 0.786. The van der Waals surface area contributed by atoms with Gasteiger partial charge in [-0.15, -0.1) is 0 Å². The first-order valence-corrected chi connectivity index (χ1v) is 7.43. The van der Waals surface area contributed by atoms with Crippen molar-refractivity contribution in [3.05, 3.63) is 0 Å². The van der Waals surface area contributed by atoms with E-state index in [1.54, 1.807) is 0 Å². The highest BCUT2D eigenvalue weighted by Gasteiger charge is 2.33. The summed E-state index contributed by atoms with van der Waals surface area (Å²) in [6.07, 6.45) is 2.99. The van der Waals surface area contributed by atoms with Crippen LogP contribution in [0.1, 0.15) is 46.0 Å². The Morgan fingerprint density at radius 3 is 2.48 bits per heavy atom. The van der Waals surface area contributed by atoms with Crippen LogP contribution in [-0.4, -0.2) is 35.1 Å². The first-order valence-electron chi connectivity index (χ1n) is 7.43. The SMILES string of the molecule is CCC1CCC(NC(=O)N[C@@H](CCC(N)=O)C(=O)O)C1C. The summed E-state index contributed by atoms with van der Waals surface area (Å²) in [4.78, 5) is 33.7. The third-order valence-corrected chi connectivity index (χ3v) is 4.35. The van der Waals surface area contributed by atoms with Gasteiger partial charge in [0.2, 0.25) is 5.91 Å². The zero-order valence-corrected chi connectivity index (χ0v) is 12.6. The molecule has 0 aliphatic heterocycles. The van der Waals surface area contributed by atoms with E-state index in [9.17, 15) is 14.4 Å². The van der Waals surface area contributed by atoms with E-state index in [0.29, 0.717) is 11.8 Å². The molecule has 1 aliphatic carbocycles. The lowest BCUT2D eigenvalue weighted by molar-refractivity contribution is -0.139. The van der Waals surface area contributed by atoms with Crippen LogP contribution in [0.2, 0.25) is 0 Å². The van der Waals surface area contributed by atoms with E-state index in [2.05, 4.69) is 24.5 Å². The van der Waals surface area contributed by atoms with Crippen molar-refractivity contribution in [2.75, 3.05) is 0 Å². The number of primary amides is 1. The third kappa shape index (κ3) is 5.24. The molecule has 21 heavy (non-hydrogen) atoms. The number of carboxylic acids is 1. The number of nitrogens with one attached hydrogen (secondary N) is 2. The zero-order valence-electron chi connectivity index (χ0n) is 12.6.